The van der Waals surface area contributed by atoms with Crippen LogP contribution < -0.4 is 4.74 Å². The van der Waals surface area contributed by atoms with Gasteiger partial charge in [0.2, 0.25) is 15.9 Å². The van der Waals surface area contributed by atoms with Crippen LogP contribution in [-0.4, -0.2) is 106 Å². The second-order valence-corrected chi connectivity index (χ2v) is 10.1. The van der Waals surface area contributed by atoms with Gasteiger partial charge in [0, 0.05) is 40.3 Å². The first kappa shape index (κ1) is 22.0. The SMILES string of the molecule is CN(C)CCN1[C@H]2CCN(CC(=O)N(C)C)CC[C@@H]2Oc2ccccc2S1(=O)=O. The smallest absolute Gasteiger partial charge is 0.247 e. The van der Waals surface area contributed by atoms with Crippen LogP contribution in [0.2, 0.25) is 0 Å². The van der Waals surface area contributed by atoms with Crippen molar-refractivity contribution in [3.8, 4) is 5.75 Å². The van der Waals surface area contributed by atoms with Crippen molar-refractivity contribution in [2.24, 2.45) is 0 Å². The number of ether oxygens (including phenoxy) is 1. The van der Waals surface area contributed by atoms with Crippen molar-refractivity contribution in [3.05, 3.63) is 24.3 Å². The van der Waals surface area contributed by atoms with Crippen LogP contribution in [0, 0.1) is 0 Å². The van der Waals surface area contributed by atoms with Crippen LogP contribution in [0.1, 0.15) is 12.8 Å². The standard InChI is InChI=1S/C20H32N4O4S/c1-21(2)13-14-24-16-9-11-23(15-20(25)22(3)4)12-10-17(16)28-18-7-5-6-8-19(18)29(24,26)27/h5-8,16-17H,9-15H2,1-4H3/t16-,17-/m0/s1. The number of likely N-dealkylation sites (tertiary alicyclic amines) is 1. The number of carbonyl (C=O) groups is 1. The van der Waals surface area contributed by atoms with E-state index >= 15 is 0 Å². The molecule has 1 aromatic carbocycles. The molecule has 162 valence electrons. The van der Waals surface area contributed by atoms with Gasteiger partial charge in [-0.05, 0) is 39.1 Å². The zero-order chi connectivity index (χ0) is 21.2. The number of rotatable bonds is 5. The quantitative estimate of drug-likeness (QED) is 0.688. The fraction of sp³-hybridized carbons (Fsp3) is 0.650. The maximum absolute atomic E-state index is 13.5. The molecule has 2 atom stereocenters. The van der Waals surface area contributed by atoms with E-state index in [2.05, 4.69) is 4.90 Å². The van der Waals surface area contributed by atoms with Crippen molar-refractivity contribution in [3.63, 3.8) is 0 Å². The van der Waals surface area contributed by atoms with E-state index in [4.69, 9.17) is 4.74 Å². The first-order valence-electron chi connectivity index (χ1n) is 10.0. The van der Waals surface area contributed by atoms with Crippen molar-refractivity contribution < 1.29 is 17.9 Å². The number of para-hydroxylation sites is 1. The molecule has 0 bridgehead atoms. The molecule has 1 saturated heterocycles. The third-order valence-electron chi connectivity index (χ3n) is 5.61. The Hall–Kier alpha value is -1.68. The molecule has 2 aliphatic rings. The molecule has 8 nitrogen and oxygen atoms in total. The second kappa shape index (κ2) is 8.99. The van der Waals surface area contributed by atoms with Gasteiger partial charge in [0.15, 0.2) is 0 Å². The van der Waals surface area contributed by atoms with Crippen LogP contribution in [-0.2, 0) is 14.8 Å². The van der Waals surface area contributed by atoms with E-state index < -0.39 is 10.0 Å². The Morgan fingerprint density at radius 1 is 1.14 bits per heavy atom. The lowest BCUT2D eigenvalue weighted by atomic mass is 10.1. The first-order chi connectivity index (χ1) is 13.7. The summed E-state index contributed by atoms with van der Waals surface area (Å²) in [7, 11) is 3.71. The molecular weight excluding hydrogens is 392 g/mol. The summed E-state index contributed by atoms with van der Waals surface area (Å²) in [6.45, 7) is 2.74. The predicted octanol–water partition coefficient (Wildman–Crippen LogP) is 0.553. The minimum Gasteiger partial charge on any atom is -0.487 e. The highest BCUT2D eigenvalue weighted by molar-refractivity contribution is 7.89. The summed E-state index contributed by atoms with van der Waals surface area (Å²) in [5.41, 5.74) is 0. The van der Waals surface area contributed by atoms with Crippen LogP contribution in [0.5, 0.6) is 5.75 Å². The van der Waals surface area contributed by atoms with Crippen molar-refractivity contribution in [1.29, 1.82) is 0 Å². The van der Waals surface area contributed by atoms with E-state index in [-0.39, 0.29) is 22.9 Å². The van der Waals surface area contributed by atoms with Gasteiger partial charge in [-0.25, -0.2) is 8.42 Å². The summed E-state index contributed by atoms with van der Waals surface area (Å²) in [5.74, 6) is 0.475. The number of amides is 1. The highest BCUT2D eigenvalue weighted by Gasteiger charge is 2.43. The Kier molecular flexibility index (Phi) is 6.83. The Morgan fingerprint density at radius 2 is 1.83 bits per heavy atom. The molecule has 29 heavy (non-hydrogen) atoms. The van der Waals surface area contributed by atoms with Gasteiger partial charge in [-0.15, -0.1) is 0 Å². The van der Waals surface area contributed by atoms with Gasteiger partial charge in [0.25, 0.3) is 0 Å². The summed E-state index contributed by atoms with van der Waals surface area (Å²) in [6.07, 6.45) is 1.06. The predicted molar refractivity (Wildman–Crippen MR) is 111 cm³/mol. The minimum absolute atomic E-state index is 0.0513. The van der Waals surface area contributed by atoms with Gasteiger partial charge < -0.3 is 14.5 Å². The summed E-state index contributed by atoms with van der Waals surface area (Å²) in [5, 5.41) is 0. The Labute approximate surface area is 174 Å². The monoisotopic (exact) mass is 424 g/mol. The molecule has 1 fully saturated rings. The number of hydrogen-bond acceptors (Lipinski definition) is 6. The second-order valence-electron chi connectivity index (χ2n) is 8.23. The summed E-state index contributed by atoms with van der Waals surface area (Å²) in [6, 6.07) is 6.64. The Morgan fingerprint density at radius 3 is 2.52 bits per heavy atom. The maximum atomic E-state index is 13.5. The van der Waals surface area contributed by atoms with Gasteiger partial charge in [-0.3, -0.25) is 9.69 Å². The van der Waals surface area contributed by atoms with Crippen LogP contribution in [0.25, 0.3) is 0 Å². The number of likely N-dealkylation sites (N-methyl/N-ethyl adjacent to an activating group) is 2. The van der Waals surface area contributed by atoms with E-state index in [9.17, 15) is 13.2 Å². The first-order valence-corrected chi connectivity index (χ1v) is 11.5. The van der Waals surface area contributed by atoms with Gasteiger partial charge >= 0.3 is 0 Å². The molecular formula is C20H32N4O4S. The molecule has 1 amide bonds. The summed E-state index contributed by atoms with van der Waals surface area (Å²) < 4.78 is 34.9. The number of sulfonamides is 1. The summed E-state index contributed by atoms with van der Waals surface area (Å²) >= 11 is 0. The van der Waals surface area contributed by atoms with Gasteiger partial charge in [-0.1, -0.05) is 12.1 Å². The largest absolute Gasteiger partial charge is 0.487 e. The van der Waals surface area contributed by atoms with E-state index in [0.717, 1.165) is 0 Å². The molecule has 9 heteroatoms. The van der Waals surface area contributed by atoms with Crippen molar-refractivity contribution in [1.82, 2.24) is 19.0 Å². The lowest BCUT2D eigenvalue weighted by molar-refractivity contribution is -0.129. The number of benzene rings is 1. The molecule has 1 aromatic rings. The van der Waals surface area contributed by atoms with Gasteiger partial charge in [0.05, 0.1) is 12.6 Å². The third-order valence-corrected chi connectivity index (χ3v) is 7.57. The Balaban J connectivity index is 1.90. The lowest BCUT2D eigenvalue weighted by Gasteiger charge is -2.32. The Bertz CT molecular complexity index is 828. The van der Waals surface area contributed by atoms with E-state index in [1.807, 2.05) is 19.0 Å². The number of carbonyl (C=O) groups excluding carboxylic acids is 1. The molecule has 0 unspecified atom stereocenters. The number of fused-ring (bicyclic) bond motifs is 2. The number of nitrogens with zero attached hydrogens (tertiary/aromatic N) is 4. The average molecular weight is 425 g/mol. The maximum Gasteiger partial charge on any atom is 0.247 e. The topological polar surface area (TPSA) is 73.4 Å². The summed E-state index contributed by atoms with van der Waals surface area (Å²) in [4.78, 5) is 18.1. The highest BCUT2D eigenvalue weighted by atomic mass is 32.2. The normalized spacial score (nSPS) is 24.7. The van der Waals surface area contributed by atoms with Crippen molar-refractivity contribution >= 4 is 15.9 Å². The zero-order valence-corrected chi connectivity index (χ0v) is 18.6. The van der Waals surface area contributed by atoms with Gasteiger partial charge in [0.1, 0.15) is 16.7 Å². The minimum atomic E-state index is -3.67. The molecule has 0 aliphatic carbocycles. The van der Waals surface area contributed by atoms with E-state index in [1.54, 1.807) is 47.6 Å². The molecule has 2 heterocycles. The van der Waals surface area contributed by atoms with Crippen molar-refractivity contribution in [2.45, 2.75) is 29.9 Å². The third kappa shape index (κ3) is 4.91. The fourth-order valence-corrected chi connectivity index (χ4v) is 5.68. The van der Waals surface area contributed by atoms with Crippen LogP contribution in [0.3, 0.4) is 0 Å². The van der Waals surface area contributed by atoms with Crippen LogP contribution in [0.15, 0.2) is 29.2 Å². The van der Waals surface area contributed by atoms with E-state index in [1.165, 1.54) is 0 Å². The highest BCUT2D eigenvalue weighted by Crippen LogP contribution is 2.36. The average Bonchev–Trinajstić information content (AvgIpc) is 2.89. The fourth-order valence-electron chi connectivity index (χ4n) is 3.89. The van der Waals surface area contributed by atoms with E-state index in [0.29, 0.717) is 51.3 Å². The van der Waals surface area contributed by atoms with Crippen LogP contribution >= 0.6 is 0 Å². The molecule has 3 rings (SSSR count). The molecule has 0 radical (unpaired) electrons. The molecule has 0 saturated carbocycles. The molecule has 2 aliphatic heterocycles. The van der Waals surface area contributed by atoms with Crippen LogP contribution in [0.4, 0.5) is 0 Å². The number of hydrogen-bond donors (Lipinski definition) is 0. The molecule has 0 N–H and O–H groups in total. The zero-order valence-electron chi connectivity index (χ0n) is 17.7. The molecule has 0 spiro atoms. The van der Waals surface area contributed by atoms with Gasteiger partial charge in [-0.2, -0.15) is 4.31 Å². The lowest BCUT2D eigenvalue weighted by Crippen LogP contribution is -2.49. The van der Waals surface area contributed by atoms with Crippen molar-refractivity contribution in [2.75, 3.05) is 60.9 Å². The molecule has 0 aromatic heterocycles.